The topological polar surface area (TPSA) is 79.0 Å². The Bertz CT molecular complexity index is 1440. The average Bonchev–Trinajstić information content (AvgIpc) is 3.42. The van der Waals surface area contributed by atoms with E-state index in [2.05, 4.69) is 35.4 Å². The summed E-state index contributed by atoms with van der Waals surface area (Å²) in [5.74, 6) is -1.75. The van der Waals surface area contributed by atoms with Gasteiger partial charge in [0, 0.05) is 42.4 Å². The fourth-order valence-corrected chi connectivity index (χ4v) is 5.74. The molecule has 5 nitrogen and oxygen atoms in total. The van der Waals surface area contributed by atoms with E-state index in [1.807, 2.05) is 60.7 Å². The molecular weight excluding hydrogens is 460 g/mol. The minimum atomic E-state index is -0.772. The van der Waals surface area contributed by atoms with Gasteiger partial charge in [0.1, 0.15) is 5.78 Å². The van der Waals surface area contributed by atoms with Crippen LogP contribution in [-0.4, -0.2) is 29.0 Å². The maximum atomic E-state index is 13.9. The van der Waals surface area contributed by atoms with Crippen LogP contribution in [0.3, 0.4) is 0 Å². The third-order valence-electron chi connectivity index (χ3n) is 7.57. The number of hydrogen-bond acceptors (Lipinski definition) is 3. The van der Waals surface area contributed by atoms with Crippen LogP contribution >= 0.6 is 0 Å². The van der Waals surface area contributed by atoms with Gasteiger partial charge in [-0.15, -0.1) is 0 Å². The molecule has 3 atom stereocenters. The molecule has 0 radical (unpaired) electrons. The van der Waals surface area contributed by atoms with Crippen LogP contribution in [0.4, 0.5) is 0 Å². The first-order valence-electron chi connectivity index (χ1n) is 13.0. The molecule has 0 bridgehead atoms. The first-order valence-corrected chi connectivity index (χ1v) is 13.0. The number of aromatic nitrogens is 1. The molecule has 1 aliphatic rings. The van der Waals surface area contributed by atoms with Crippen LogP contribution in [0.15, 0.2) is 78.9 Å². The standard InChI is InChI=1S/C32H32N2O3/c1-3-21-14-15-27-26(18-21)24(16-17-33-20(2)35)31(34-27)29(23-12-8-5-9-13-23)30-28(36)19-25(32(30)37)22-10-6-4-7-11-22/h4-15,18,25,29-30,34H,3,16-17,19H2,1-2H3,(H,33,35). The zero-order valence-corrected chi connectivity index (χ0v) is 21.3. The second-order valence-corrected chi connectivity index (χ2v) is 9.89. The molecule has 0 saturated heterocycles. The molecule has 0 spiro atoms. The molecule has 1 aromatic heterocycles. The van der Waals surface area contributed by atoms with Gasteiger partial charge in [-0.25, -0.2) is 0 Å². The van der Waals surface area contributed by atoms with Crippen molar-refractivity contribution in [3.8, 4) is 0 Å². The third-order valence-corrected chi connectivity index (χ3v) is 7.57. The summed E-state index contributed by atoms with van der Waals surface area (Å²) in [6.07, 6.45) is 1.73. The monoisotopic (exact) mass is 492 g/mol. The largest absolute Gasteiger partial charge is 0.358 e. The molecule has 37 heavy (non-hydrogen) atoms. The maximum absolute atomic E-state index is 13.9. The summed E-state index contributed by atoms with van der Waals surface area (Å²) < 4.78 is 0. The Morgan fingerprint density at radius 2 is 1.70 bits per heavy atom. The smallest absolute Gasteiger partial charge is 0.216 e. The highest BCUT2D eigenvalue weighted by molar-refractivity contribution is 6.13. The van der Waals surface area contributed by atoms with Crippen molar-refractivity contribution in [2.45, 2.75) is 44.9 Å². The van der Waals surface area contributed by atoms with Crippen molar-refractivity contribution in [1.29, 1.82) is 0 Å². The highest BCUT2D eigenvalue weighted by Crippen LogP contribution is 2.45. The Labute approximate surface area is 217 Å². The van der Waals surface area contributed by atoms with Gasteiger partial charge in [0.15, 0.2) is 5.78 Å². The van der Waals surface area contributed by atoms with Crippen LogP contribution in [0.5, 0.6) is 0 Å². The number of ketones is 2. The zero-order chi connectivity index (χ0) is 25.9. The number of Topliss-reactive ketones (excluding diaryl/α,β-unsaturated/α-hetero) is 2. The summed E-state index contributed by atoms with van der Waals surface area (Å²) >= 11 is 0. The lowest BCUT2D eigenvalue weighted by Crippen LogP contribution is -2.27. The van der Waals surface area contributed by atoms with Gasteiger partial charge in [0.05, 0.1) is 11.8 Å². The van der Waals surface area contributed by atoms with E-state index in [4.69, 9.17) is 0 Å². The predicted molar refractivity (Wildman–Crippen MR) is 146 cm³/mol. The molecule has 3 unspecified atom stereocenters. The van der Waals surface area contributed by atoms with E-state index in [1.165, 1.54) is 12.5 Å². The van der Waals surface area contributed by atoms with E-state index in [9.17, 15) is 14.4 Å². The van der Waals surface area contributed by atoms with Crippen LogP contribution < -0.4 is 5.32 Å². The van der Waals surface area contributed by atoms with Gasteiger partial charge in [-0.1, -0.05) is 73.7 Å². The van der Waals surface area contributed by atoms with Crippen molar-refractivity contribution < 1.29 is 14.4 Å². The number of aryl methyl sites for hydroxylation is 1. The number of carbonyl (C=O) groups excluding carboxylic acids is 3. The van der Waals surface area contributed by atoms with Crippen molar-refractivity contribution in [3.05, 3.63) is 107 Å². The highest BCUT2D eigenvalue weighted by Gasteiger charge is 2.47. The van der Waals surface area contributed by atoms with Crippen LogP contribution in [-0.2, 0) is 27.2 Å². The lowest BCUT2D eigenvalue weighted by Gasteiger charge is -2.24. The van der Waals surface area contributed by atoms with Gasteiger partial charge < -0.3 is 10.3 Å². The van der Waals surface area contributed by atoms with Crippen LogP contribution in [0.25, 0.3) is 10.9 Å². The molecule has 1 aliphatic carbocycles. The fraction of sp³-hybridized carbons (Fsp3) is 0.281. The van der Waals surface area contributed by atoms with E-state index < -0.39 is 17.8 Å². The normalized spacial score (nSPS) is 18.3. The first kappa shape index (κ1) is 24.7. The maximum Gasteiger partial charge on any atom is 0.216 e. The predicted octanol–water partition coefficient (Wildman–Crippen LogP) is 5.48. The van der Waals surface area contributed by atoms with Crippen LogP contribution in [0, 0.1) is 5.92 Å². The van der Waals surface area contributed by atoms with Crippen molar-refractivity contribution in [2.24, 2.45) is 5.92 Å². The second kappa shape index (κ2) is 10.6. The highest BCUT2D eigenvalue weighted by atomic mass is 16.2. The molecule has 1 amide bonds. The summed E-state index contributed by atoms with van der Waals surface area (Å²) in [5.41, 5.74) is 5.96. The summed E-state index contributed by atoms with van der Waals surface area (Å²) in [6, 6.07) is 25.8. The summed E-state index contributed by atoms with van der Waals surface area (Å²) in [5, 5.41) is 3.99. The molecule has 1 fully saturated rings. The quantitative estimate of drug-likeness (QED) is 0.320. The number of hydrogen-bond donors (Lipinski definition) is 2. The molecule has 3 aromatic carbocycles. The van der Waals surface area contributed by atoms with Crippen molar-refractivity contribution in [1.82, 2.24) is 10.3 Å². The van der Waals surface area contributed by atoms with Crippen LogP contribution in [0.1, 0.15) is 60.1 Å². The molecule has 2 N–H and O–H groups in total. The van der Waals surface area contributed by atoms with E-state index in [0.717, 1.165) is 39.7 Å². The van der Waals surface area contributed by atoms with E-state index in [-0.39, 0.29) is 23.9 Å². The fourth-order valence-electron chi connectivity index (χ4n) is 5.74. The number of nitrogens with one attached hydrogen (secondary N) is 2. The lowest BCUT2D eigenvalue weighted by atomic mass is 9.78. The Morgan fingerprint density at radius 1 is 1.00 bits per heavy atom. The first-order chi connectivity index (χ1) is 18.0. The van der Waals surface area contributed by atoms with Crippen molar-refractivity contribution >= 4 is 28.4 Å². The Morgan fingerprint density at radius 3 is 2.38 bits per heavy atom. The van der Waals surface area contributed by atoms with Crippen molar-refractivity contribution in [2.75, 3.05) is 6.54 Å². The number of aromatic amines is 1. The van der Waals surface area contributed by atoms with Gasteiger partial charge in [-0.05, 0) is 47.2 Å². The zero-order valence-electron chi connectivity index (χ0n) is 21.3. The molecule has 5 heteroatoms. The van der Waals surface area contributed by atoms with Crippen LogP contribution in [0.2, 0.25) is 0 Å². The number of benzene rings is 3. The van der Waals surface area contributed by atoms with Crippen molar-refractivity contribution in [3.63, 3.8) is 0 Å². The second-order valence-electron chi connectivity index (χ2n) is 9.89. The van der Waals surface area contributed by atoms with E-state index in [1.54, 1.807) is 0 Å². The SMILES string of the molecule is CCc1ccc2[nH]c(C(c3ccccc3)C3C(=O)CC(c4ccccc4)C3=O)c(CCNC(C)=O)c2c1. The molecule has 4 aromatic rings. The minimum Gasteiger partial charge on any atom is -0.358 e. The summed E-state index contributed by atoms with van der Waals surface area (Å²) in [7, 11) is 0. The van der Waals surface area contributed by atoms with E-state index >= 15 is 0 Å². The number of H-pyrrole nitrogens is 1. The van der Waals surface area contributed by atoms with Gasteiger partial charge in [-0.2, -0.15) is 0 Å². The number of amides is 1. The Kier molecular flexibility index (Phi) is 7.04. The van der Waals surface area contributed by atoms with Gasteiger partial charge in [0.2, 0.25) is 5.91 Å². The number of rotatable bonds is 8. The minimum absolute atomic E-state index is 0.0200. The summed E-state index contributed by atoms with van der Waals surface area (Å²) in [4.78, 5) is 42.8. The number of fused-ring (bicyclic) bond motifs is 1. The molecule has 1 heterocycles. The average molecular weight is 493 g/mol. The van der Waals surface area contributed by atoms with Gasteiger partial charge in [0.25, 0.3) is 0 Å². The summed E-state index contributed by atoms with van der Waals surface area (Å²) in [6.45, 7) is 4.11. The third kappa shape index (κ3) is 4.86. The van der Waals surface area contributed by atoms with E-state index in [0.29, 0.717) is 13.0 Å². The number of carbonyl (C=O) groups is 3. The van der Waals surface area contributed by atoms with Gasteiger partial charge >= 0.3 is 0 Å². The lowest BCUT2D eigenvalue weighted by molar-refractivity contribution is -0.128. The molecular formula is C32H32N2O3. The Hall–Kier alpha value is -3.99. The Balaban J connectivity index is 1.65. The molecule has 1 saturated carbocycles. The van der Waals surface area contributed by atoms with Gasteiger partial charge in [-0.3, -0.25) is 14.4 Å². The molecule has 0 aliphatic heterocycles. The molecule has 5 rings (SSSR count). The molecule has 188 valence electrons.